The second-order valence-corrected chi connectivity index (χ2v) is 4.38. The maximum Gasteiger partial charge on any atom is 0.162 e. The molecule has 0 N–H and O–H groups in total. The van der Waals surface area contributed by atoms with E-state index in [0.717, 1.165) is 10.9 Å². The molecule has 1 heterocycles. The number of nitrogens with zero attached hydrogens (tertiary/aromatic N) is 2. The van der Waals surface area contributed by atoms with Crippen LogP contribution in [0.3, 0.4) is 0 Å². The zero-order valence-electron chi connectivity index (χ0n) is 10.2. The van der Waals surface area contributed by atoms with Gasteiger partial charge in [0.25, 0.3) is 0 Å². The van der Waals surface area contributed by atoms with Crippen molar-refractivity contribution in [3.63, 3.8) is 0 Å². The van der Waals surface area contributed by atoms with Crippen molar-refractivity contribution in [2.45, 2.75) is 6.92 Å². The number of fused-ring (bicyclic) bond motifs is 1. The van der Waals surface area contributed by atoms with Crippen molar-refractivity contribution in [3.8, 4) is 11.4 Å². The quantitative estimate of drug-likeness (QED) is 0.660. The molecule has 4 heteroatoms. The Morgan fingerprint density at radius 2 is 1.84 bits per heavy atom. The molecule has 3 rings (SSSR count). The third kappa shape index (κ3) is 2.17. The van der Waals surface area contributed by atoms with Gasteiger partial charge in [0.05, 0.1) is 11.1 Å². The minimum Gasteiger partial charge on any atom is -0.236 e. The average Bonchev–Trinajstić information content (AvgIpc) is 2.38. The number of aromatic nitrogens is 2. The van der Waals surface area contributed by atoms with Gasteiger partial charge in [-0.1, -0.05) is 6.07 Å². The van der Waals surface area contributed by atoms with Crippen molar-refractivity contribution in [1.82, 2.24) is 9.97 Å². The molecule has 0 aliphatic carbocycles. The number of hydrogen-bond donors (Lipinski definition) is 0. The third-order valence-corrected chi connectivity index (χ3v) is 2.91. The SMILES string of the molecule is Cc1ccc(-c2ncc3ccc(F)cc3n2)c(F)c1. The van der Waals surface area contributed by atoms with E-state index in [1.54, 1.807) is 24.4 Å². The second kappa shape index (κ2) is 4.39. The molecule has 3 aromatic rings. The zero-order valence-corrected chi connectivity index (χ0v) is 10.2. The highest BCUT2D eigenvalue weighted by molar-refractivity contribution is 5.79. The standard InChI is InChI=1S/C15H10F2N2/c1-9-2-5-12(13(17)6-9)15-18-8-10-3-4-11(16)7-14(10)19-15/h2-8H,1H3. The van der Waals surface area contributed by atoms with Gasteiger partial charge in [-0.15, -0.1) is 0 Å². The van der Waals surface area contributed by atoms with E-state index in [4.69, 9.17) is 0 Å². The van der Waals surface area contributed by atoms with Crippen molar-refractivity contribution < 1.29 is 8.78 Å². The van der Waals surface area contributed by atoms with Gasteiger partial charge in [0, 0.05) is 17.6 Å². The van der Waals surface area contributed by atoms with E-state index < -0.39 is 0 Å². The highest BCUT2D eigenvalue weighted by Crippen LogP contribution is 2.22. The monoisotopic (exact) mass is 256 g/mol. The topological polar surface area (TPSA) is 25.8 Å². The summed E-state index contributed by atoms with van der Waals surface area (Å²) in [5.74, 6) is -0.493. The lowest BCUT2D eigenvalue weighted by Crippen LogP contribution is -1.93. The molecule has 2 aromatic carbocycles. The van der Waals surface area contributed by atoms with Crippen molar-refractivity contribution in [2.24, 2.45) is 0 Å². The van der Waals surface area contributed by atoms with Crippen LogP contribution in [0.15, 0.2) is 42.6 Å². The molecule has 0 amide bonds. The first kappa shape index (κ1) is 11.7. The van der Waals surface area contributed by atoms with E-state index in [0.29, 0.717) is 11.1 Å². The second-order valence-electron chi connectivity index (χ2n) is 4.38. The Hall–Kier alpha value is -2.36. The summed E-state index contributed by atoms with van der Waals surface area (Å²) in [6.07, 6.45) is 1.57. The Bertz CT molecular complexity index is 769. The van der Waals surface area contributed by atoms with Gasteiger partial charge in [-0.2, -0.15) is 0 Å². The van der Waals surface area contributed by atoms with Crippen LogP contribution in [0.25, 0.3) is 22.3 Å². The minimum atomic E-state index is -0.379. The first-order valence-electron chi connectivity index (χ1n) is 5.82. The summed E-state index contributed by atoms with van der Waals surface area (Å²) in [5.41, 5.74) is 1.61. The van der Waals surface area contributed by atoms with Crippen molar-refractivity contribution in [1.29, 1.82) is 0 Å². The van der Waals surface area contributed by atoms with E-state index in [1.165, 1.54) is 18.2 Å². The molecule has 0 atom stereocenters. The summed E-state index contributed by atoms with van der Waals surface area (Å²) >= 11 is 0. The van der Waals surface area contributed by atoms with Gasteiger partial charge in [-0.25, -0.2) is 18.7 Å². The molecule has 0 bridgehead atoms. The summed E-state index contributed by atoms with van der Waals surface area (Å²) < 4.78 is 27.0. The fourth-order valence-electron chi connectivity index (χ4n) is 1.93. The molecule has 0 spiro atoms. The predicted molar refractivity (Wildman–Crippen MR) is 69.6 cm³/mol. The maximum absolute atomic E-state index is 13.9. The summed E-state index contributed by atoms with van der Waals surface area (Å²) in [5, 5.41) is 0.720. The Balaban J connectivity index is 2.19. The van der Waals surface area contributed by atoms with Crippen LogP contribution in [0, 0.1) is 18.6 Å². The molecule has 0 saturated carbocycles. The fourth-order valence-corrected chi connectivity index (χ4v) is 1.93. The highest BCUT2D eigenvalue weighted by atomic mass is 19.1. The van der Waals surface area contributed by atoms with Crippen LogP contribution >= 0.6 is 0 Å². The number of halogens is 2. The van der Waals surface area contributed by atoms with Gasteiger partial charge < -0.3 is 0 Å². The van der Waals surface area contributed by atoms with Crippen LogP contribution in [0.4, 0.5) is 8.78 Å². The number of benzene rings is 2. The largest absolute Gasteiger partial charge is 0.236 e. The molecule has 0 radical (unpaired) electrons. The zero-order chi connectivity index (χ0) is 13.4. The molecule has 94 valence electrons. The molecule has 0 fully saturated rings. The van der Waals surface area contributed by atoms with Gasteiger partial charge in [0.1, 0.15) is 11.6 Å². The Kier molecular flexibility index (Phi) is 2.71. The van der Waals surface area contributed by atoms with Crippen LogP contribution in [0.5, 0.6) is 0 Å². The predicted octanol–water partition coefficient (Wildman–Crippen LogP) is 3.88. The maximum atomic E-state index is 13.9. The first-order valence-corrected chi connectivity index (χ1v) is 5.82. The Labute approximate surface area is 108 Å². The van der Waals surface area contributed by atoms with E-state index in [9.17, 15) is 8.78 Å². The molecule has 1 aromatic heterocycles. The lowest BCUT2D eigenvalue weighted by atomic mass is 10.1. The van der Waals surface area contributed by atoms with Crippen LogP contribution in [0.2, 0.25) is 0 Å². The Morgan fingerprint density at radius 1 is 1.00 bits per heavy atom. The molecule has 19 heavy (non-hydrogen) atoms. The van der Waals surface area contributed by atoms with Crippen molar-refractivity contribution in [2.75, 3.05) is 0 Å². The third-order valence-electron chi connectivity index (χ3n) is 2.91. The number of aryl methyl sites for hydroxylation is 1. The minimum absolute atomic E-state index is 0.260. The van der Waals surface area contributed by atoms with E-state index in [1.807, 2.05) is 6.92 Å². The van der Waals surface area contributed by atoms with Crippen molar-refractivity contribution >= 4 is 10.9 Å². The fraction of sp³-hybridized carbons (Fsp3) is 0.0667. The average molecular weight is 256 g/mol. The summed E-state index contributed by atoms with van der Waals surface area (Å²) in [4.78, 5) is 8.33. The summed E-state index contributed by atoms with van der Waals surface area (Å²) in [6, 6.07) is 9.10. The molecule has 2 nitrogen and oxygen atoms in total. The lowest BCUT2D eigenvalue weighted by Gasteiger charge is -2.04. The normalized spacial score (nSPS) is 10.9. The van der Waals surface area contributed by atoms with Crippen LogP contribution in [0.1, 0.15) is 5.56 Å². The van der Waals surface area contributed by atoms with Gasteiger partial charge in [-0.3, -0.25) is 0 Å². The Morgan fingerprint density at radius 3 is 2.63 bits per heavy atom. The number of rotatable bonds is 1. The molecule has 0 aliphatic heterocycles. The van der Waals surface area contributed by atoms with Gasteiger partial charge in [0.2, 0.25) is 0 Å². The van der Waals surface area contributed by atoms with Gasteiger partial charge in [-0.05, 0) is 36.8 Å². The lowest BCUT2D eigenvalue weighted by molar-refractivity contribution is 0.628. The molecular formula is C15H10F2N2. The first-order chi connectivity index (χ1) is 9.13. The van der Waals surface area contributed by atoms with Crippen molar-refractivity contribution in [3.05, 3.63) is 59.8 Å². The van der Waals surface area contributed by atoms with E-state index >= 15 is 0 Å². The molecular weight excluding hydrogens is 246 g/mol. The number of hydrogen-bond acceptors (Lipinski definition) is 2. The van der Waals surface area contributed by atoms with Gasteiger partial charge in [0.15, 0.2) is 5.82 Å². The van der Waals surface area contributed by atoms with Crippen LogP contribution in [-0.2, 0) is 0 Å². The van der Waals surface area contributed by atoms with Crippen LogP contribution < -0.4 is 0 Å². The van der Waals surface area contributed by atoms with E-state index in [2.05, 4.69) is 9.97 Å². The highest BCUT2D eigenvalue weighted by Gasteiger charge is 2.09. The summed E-state index contributed by atoms with van der Waals surface area (Å²) in [7, 11) is 0. The van der Waals surface area contributed by atoms with Gasteiger partial charge >= 0.3 is 0 Å². The molecule has 0 saturated heterocycles. The molecule has 0 unspecified atom stereocenters. The smallest absolute Gasteiger partial charge is 0.162 e. The summed E-state index contributed by atoms with van der Waals surface area (Å²) in [6.45, 7) is 1.81. The van der Waals surface area contributed by atoms with Crippen LogP contribution in [-0.4, -0.2) is 9.97 Å². The molecule has 0 aliphatic rings. The van der Waals surface area contributed by atoms with E-state index in [-0.39, 0.29) is 17.5 Å².